The van der Waals surface area contributed by atoms with Gasteiger partial charge in [-0.25, -0.2) is 0 Å². The number of rotatable bonds is 5. The fourth-order valence-corrected chi connectivity index (χ4v) is 1.95. The summed E-state index contributed by atoms with van der Waals surface area (Å²) >= 11 is 0. The van der Waals surface area contributed by atoms with Crippen molar-refractivity contribution in [3.05, 3.63) is 0 Å². The Morgan fingerprint density at radius 2 is 2.12 bits per heavy atom. The van der Waals surface area contributed by atoms with Crippen molar-refractivity contribution < 1.29 is 19.4 Å². The van der Waals surface area contributed by atoms with Crippen molar-refractivity contribution in [3.8, 4) is 0 Å². The van der Waals surface area contributed by atoms with E-state index < -0.39 is 18.0 Å². The normalized spacial score (nSPS) is 25.9. The van der Waals surface area contributed by atoms with Crippen LogP contribution in [-0.2, 0) is 14.3 Å². The van der Waals surface area contributed by atoms with Gasteiger partial charge in [-0.05, 0) is 18.3 Å². The predicted molar refractivity (Wildman–Crippen MR) is 62.5 cm³/mol. The summed E-state index contributed by atoms with van der Waals surface area (Å²) in [6.45, 7) is 6.40. The maximum absolute atomic E-state index is 11.8. The monoisotopic (exact) mass is 243 g/mol. The van der Waals surface area contributed by atoms with Crippen molar-refractivity contribution in [3.63, 3.8) is 0 Å². The van der Waals surface area contributed by atoms with Crippen LogP contribution in [0.25, 0.3) is 0 Å². The minimum absolute atomic E-state index is 0.00489. The molecule has 98 valence electrons. The first-order chi connectivity index (χ1) is 7.93. The third-order valence-electron chi connectivity index (χ3n) is 3.26. The van der Waals surface area contributed by atoms with Crippen LogP contribution in [0.2, 0.25) is 0 Å². The summed E-state index contributed by atoms with van der Waals surface area (Å²) in [7, 11) is 0. The number of carboxylic acid groups (broad SMARTS) is 1. The van der Waals surface area contributed by atoms with Gasteiger partial charge < -0.3 is 15.2 Å². The van der Waals surface area contributed by atoms with Gasteiger partial charge in [-0.1, -0.05) is 20.8 Å². The van der Waals surface area contributed by atoms with Gasteiger partial charge in [-0.3, -0.25) is 9.59 Å². The Balaban J connectivity index is 2.43. The van der Waals surface area contributed by atoms with Gasteiger partial charge in [0, 0.05) is 13.2 Å². The van der Waals surface area contributed by atoms with Gasteiger partial charge in [-0.2, -0.15) is 0 Å². The van der Waals surface area contributed by atoms with E-state index in [4.69, 9.17) is 9.84 Å². The average molecular weight is 243 g/mol. The second kappa shape index (κ2) is 6.00. The average Bonchev–Trinajstić information content (AvgIpc) is 2.63. The van der Waals surface area contributed by atoms with E-state index in [0.29, 0.717) is 6.61 Å². The molecule has 1 amide bonds. The van der Waals surface area contributed by atoms with Crippen LogP contribution in [-0.4, -0.2) is 36.2 Å². The molecule has 1 fully saturated rings. The maximum Gasteiger partial charge on any atom is 0.308 e. The fourth-order valence-electron chi connectivity index (χ4n) is 1.95. The Morgan fingerprint density at radius 3 is 2.53 bits per heavy atom. The number of carbonyl (C=O) groups excluding carboxylic acids is 1. The lowest BCUT2D eigenvalue weighted by atomic mass is 9.95. The first-order valence-electron chi connectivity index (χ1n) is 6.05. The highest BCUT2D eigenvalue weighted by atomic mass is 16.5. The van der Waals surface area contributed by atoms with Crippen LogP contribution in [0.15, 0.2) is 0 Å². The molecular formula is C12H21NO4. The minimum atomic E-state index is -0.874. The molecule has 2 N–H and O–H groups in total. The second-order valence-corrected chi connectivity index (χ2v) is 4.99. The molecule has 0 aromatic rings. The summed E-state index contributed by atoms with van der Waals surface area (Å²) in [6, 6.07) is 0. The van der Waals surface area contributed by atoms with E-state index in [1.165, 1.54) is 0 Å². The van der Waals surface area contributed by atoms with Crippen LogP contribution >= 0.6 is 0 Å². The SMILES string of the molecule is CC(C)C(CNC(=O)C1OCCC1C)C(=O)O. The number of carbonyl (C=O) groups is 2. The molecule has 1 heterocycles. The molecule has 0 bridgehead atoms. The van der Waals surface area contributed by atoms with Crippen molar-refractivity contribution in [1.29, 1.82) is 0 Å². The van der Waals surface area contributed by atoms with Crippen LogP contribution in [0, 0.1) is 17.8 Å². The van der Waals surface area contributed by atoms with Crippen molar-refractivity contribution >= 4 is 11.9 Å². The maximum atomic E-state index is 11.8. The molecule has 0 spiro atoms. The predicted octanol–water partition coefficient (Wildman–Crippen LogP) is 0.884. The third-order valence-corrected chi connectivity index (χ3v) is 3.26. The largest absolute Gasteiger partial charge is 0.481 e. The van der Waals surface area contributed by atoms with E-state index in [0.717, 1.165) is 6.42 Å². The Bertz CT molecular complexity index is 290. The number of nitrogens with one attached hydrogen (secondary N) is 1. The van der Waals surface area contributed by atoms with Crippen LogP contribution < -0.4 is 5.32 Å². The Kier molecular flexibility index (Phi) is 4.93. The molecule has 3 unspecified atom stereocenters. The zero-order valence-corrected chi connectivity index (χ0v) is 10.6. The minimum Gasteiger partial charge on any atom is -0.481 e. The molecule has 5 nitrogen and oxygen atoms in total. The lowest BCUT2D eigenvalue weighted by Crippen LogP contribution is -2.42. The Labute approximate surface area is 102 Å². The van der Waals surface area contributed by atoms with Crippen LogP contribution in [0.5, 0.6) is 0 Å². The molecule has 0 aromatic carbocycles. The van der Waals surface area contributed by atoms with Crippen LogP contribution in [0.4, 0.5) is 0 Å². The Hall–Kier alpha value is -1.10. The molecule has 0 saturated carbocycles. The van der Waals surface area contributed by atoms with E-state index in [1.54, 1.807) is 0 Å². The number of amides is 1. The highest BCUT2D eigenvalue weighted by molar-refractivity contribution is 5.82. The van der Waals surface area contributed by atoms with E-state index in [-0.39, 0.29) is 24.3 Å². The van der Waals surface area contributed by atoms with Gasteiger partial charge in [0.05, 0.1) is 5.92 Å². The molecule has 0 aliphatic carbocycles. The zero-order chi connectivity index (χ0) is 13.0. The highest BCUT2D eigenvalue weighted by Crippen LogP contribution is 2.20. The fraction of sp³-hybridized carbons (Fsp3) is 0.833. The summed E-state index contributed by atoms with van der Waals surface area (Å²) in [5, 5.41) is 11.7. The van der Waals surface area contributed by atoms with Crippen molar-refractivity contribution in [2.45, 2.75) is 33.3 Å². The summed E-state index contributed by atoms with van der Waals surface area (Å²) in [5.41, 5.74) is 0. The number of hydrogen-bond donors (Lipinski definition) is 2. The lowest BCUT2D eigenvalue weighted by Gasteiger charge is -2.19. The first kappa shape index (κ1) is 14.0. The van der Waals surface area contributed by atoms with Crippen molar-refractivity contribution in [1.82, 2.24) is 5.32 Å². The number of aliphatic carboxylic acids is 1. The topological polar surface area (TPSA) is 75.6 Å². The van der Waals surface area contributed by atoms with Gasteiger partial charge in [0.1, 0.15) is 6.10 Å². The highest BCUT2D eigenvalue weighted by Gasteiger charge is 2.31. The number of hydrogen-bond acceptors (Lipinski definition) is 3. The molecule has 17 heavy (non-hydrogen) atoms. The van der Waals surface area contributed by atoms with Gasteiger partial charge in [0.15, 0.2) is 0 Å². The van der Waals surface area contributed by atoms with Crippen LogP contribution in [0.3, 0.4) is 0 Å². The van der Waals surface area contributed by atoms with Gasteiger partial charge in [-0.15, -0.1) is 0 Å². The van der Waals surface area contributed by atoms with Crippen molar-refractivity contribution in [2.75, 3.05) is 13.2 Å². The van der Waals surface area contributed by atoms with E-state index in [1.807, 2.05) is 20.8 Å². The summed E-state index contributed by atoms with van der Waals surface area (Å²) in [6.07, 6.45) is 0.460. The van der Waals surface area contributed by atoms with E-state index >= 15 is 0 Å². The molecule has 5 heteroatoms. The molecule has 1 aliphatic rings. The standard InChI is InChI=1S/C12H21NO4/c1-7(2)9(12(15)16)6-13-11(14)10-8(3)4-5-17-10/h7-10H,4-6H2,1-3H3,(H,13,14)(H,15,16). The van der Waals surface area contributed by atoms with Gasteiger partial charge in [0.25, 0.3) is 0 Å². The Morgan fingerprint density at radius 1 is 1.47 bits per heavy atom. The summed E-state index contributed by atoms with van der Waals surface area (Å²) < 4.78 is 5.32. The quantitative estimate of drug-likeness (QED) is 0.751. The van der Waals surface area contributed by atoms with Gasteiger partial charge >= 0.3 is 5.97 Å². The second-order valence-electron chi connectivity index (χ2n) is 4.99. The van der Waals surface area contributed by atoms with E-state index in [2.05, 4.69) is 5.32 Å². The summed E-state index contributed by atoms with van der Waals surface area (Å²) in [5.74, 6) is -1.41. The molecule has 3 atom stereocenters. The van der Waals surface area contributed by atoms with Crippen molar-refractivity contribution in [2.24, 2.45) is 17.8 Å². The smallest absolute Gasteiger partial charge is 0.308 e. The third kappa shape index (κ3) is 3.70. The first-order valence-corrected chi connectivity index (χ1v) is 6.05. The van der Waals surface area contributed by atoms with Crippen LogP contribution in [0.1, 0.15) is 27.2 Å². The molecule has 1 aliphatic heterocycles. The van der Waals surface area contributed by atoms with E-state index in [9.17, 15) is 9.59 Å². The molecule has 0 aromatic heterocycles. The summed E-state index contributed by atoms with van der Waals surface area (Å²) in [4.78, 5) is 22.7. The zero-order valence-electron chi connectivity index (χ0n) is 10.6. The molecule has 1 rings (SSSR count). The number of carboxylic acids is 1. The molecular weight excluding hydrogens is 222 g/mol. The van der Waals surface area contributed by atoms with Gasteiger partial charge in [0.2, 0.25) is 5.91 Å². The lowest BCUT2D eigenvalue weighted by molar-refractivity contribution is -0.143. The molecule has 0 radical (unpaired) electrons. The number of ether oxygens (including phenoxy) is 1. The molecule has 1 saturated heterocycles.